The van der Waals surface area contributed by atoms with Gasteiger partial charge in [-0.3, -0.25) is 4.79 Å². The van der Waals surface area contributed by atoms with E-state index in [2.05, 4.69) is 37.2 Å². The highest BCUT2D eigenvalue weighted by atomic mass is 79.9. The first-order chi connectivity index (χ1) is 9.38. The summed E-state index contributed by atoms with van der Waals surface area (Å²) in [5.41, 5.74) is 0.943. The fourth-order valence-corrected chi connectivity index (χ4v) is 2.51. The van der Waals surface area contributed by atoms with E-state index in [0.29, 0.717) is 15.9 Å². The molecule has 6 heteroatoms. The highest BCUT2D eigenvalue weighted by Crippen LogP contribution is 2.22. The second-order valence-corrected chi connectivity index (χ2v) is 6.40. The van der Waals surface area contributed by atoms with E-state index in [-0.39, 0.29) is 11.9 Å². The van der Waals surface area contributed by atoms with Crippen LogP contribution in [0, 0.1) is 5.82 Å². The van der Waals surface area contributed by atoms with E-state index in [4.69, 9.17) is 0 Å². The van der Waals surface area contributed by atoms with E-state index in [1.165, 1.54) is 6.07 Å². The van der Waals surface area contributed by atoms with Crippen LogP contribution in [0.3, 0.4) is 0 Å². The summed E-state index contributed by atoms with van der Waals surface area (Å²) in [5, 5.41) is 2.69. The predicted octanol–water partition coefficient (Wildman–Crippen LogP) is 4.99. The molecule has 0 saturated carbocycles. The molecule has 0 saturated heterocycles. The van der Waals surface area contributed by atoms with Gasteiger partial charge < -0.3 is 9.88 Å². The standard InChI is InChI=1S/C14H13Br2FN2O/c1-8(2)19-7-9(15)5-13(19)14(20)18-10-3-4-11(16)12(17)6-10/h3-8H,1-2H3,(H,18,20). The van der Waals surface area contributed by atoms with E-state index in [0.717, 1.165) is 4.47 Å². The van der Waals surface area contributed by atoms with Crippen LogP contribution in [0.15, 0.2) is 39.4 Å². The third-order valence-corrected chi connectivity index (χ3v) is 3.86. The van der Waals surface area contributed by atoms with E-state index in [1.807, 2.05) is 24.6 Å². The van der Waals surface area contributed by atoms with Gasteiger partial charge in [0.15, 0.2) is 0 Å². The Bertz CT molecular complexity index is 653. The van der Waals surface area contributed by atoms with Crippen molar-refractivity contribution in [1.29, 1.82) is 0 Å². The molecule has 0 aliphatic heterocycles. The molecule has 2 aromatic rings. The molecular formula is C14H13Br2FN2O. The summed E-state index contributed by atoms with van der Waals surface area (Å²) in [7, 11) is 0. The number of rotatable bonds is 3. The molecule has 1 aromatic heterocycles. The number of aromatic nitrogens is 1. The van der Waals surface area contributed by atoms with Gasteiger partial charge in [0.2, 0.25) is 0 Å². The Kier molecular flexibility index (Phi) is 4.65. The summed E-state index contributed by atoms with van der Waals surface area (Å²) in [5.74, 6) is -0.686. The van der Waals surface area contributed by atoms with Gasteiger partial charge in [-0.1, -0.05) is 0 Å². The summed E-state index contributed by atoms with van der Waals surface area (Å²) < 4.78 is 16.5. The monoisotopic (exact) mass is 402 g/mol. The van der Waals surface area contributed by atoms with Crippen molar-refractivity contribution in [2.45, 2.75) is 19.9 Å². The quantitative estimate of drug-likeness (QED) is 0.769. The highest BCUT2D eigenvalue weighted by molar-refractivity contribution is 9.10. The third kappa shape index (κ3) is 3.30. The van der Waals surface area contributed by atoms with Crippen molar-refractivity contribution in [3.63, 3.8) is 0 Å². The van der Waals surface area contributed by atoms with Crippen molar-refractivity contribution < 1.29 is 9.18 Å². The van der Waals surface area contributed by atoms with Crippen LogP contribution in [0.25, 0.3) is 0 Å². The van der Waals surface area contributed by atoms with Crippen molar-refractivity contribution in [1.82, 2.24) is 4.57 Å². The van der Waals surface area contributed by atoms with Crippen LogP contribution < -0.4 is 5.32 Å². The first-order valence-corrected chi connectivity index (χ1v) is 7.61. The van der Waals surface area contributed by atoms with Gasteiger partial charge in [0.05, 0.1) is 4.47 Å². The molecule has 2 rings (SSSR count). The molecule has 1 heterocycles. The maximum atomic E-state index is 13.4. The lowest BCUT2D eigenvalue weighted by atomic mass is 10.3. The maximum absolute atomic E-state index is 13.4. The Morgan fingerprint density at radius 2 is 2.00 bits per heavy atom. The molecule has 1 aromatic carbocycles. The van der Waals surface area contributed by atoms with Crippen molar-refractivity contribution >= 4 is 43.5 Å². The summed E-state index contributed by atoms with van der Waals surface area (Å²) in [6, 6.07) is 6.37. The first-order valence-electron chi connectivity index (χ1n) is 6.02. The number of carbonyl (C=O) groups excluding carboxylic acids is 1. The predicted molar refractivity (Wildman–Crippen MR) is 84.6 cm³/mol. The molecular weight excluding hydrogens is 391 g/mol. The van der Waals surface area contributed by atoms with E-state index >= 15 is 0 Å². The first kappa shape index (κ1) is 15.3. The third-order valence-electron chi connectivity index (χ3n) is 2.78. The van der Waals surface area contributed by atoms with Crippen LogP contribution in [0.2, 0.25) is 0 Å². The largest absolute Gasteiger partial charge is 0.340 e. The molecule has 0 radical (unpaired) electrons. The number of halogens is 3. The second kappa shape index (κ2) is 6.10. The Morgan fingerprint density at radius 3 is 2.60 bits per heavy atom. The average molecular weight is 404 g/mol. The molecule has 1 N–H and O–H groups in total. The number of nitrogens with zero attached hydrogens (tertiary/aromatic N) is 1. The van der Waals surface area contributed by atoms with Gasteiger partial charge in [-0.25, -0.2) is 4.39 Å². The van der Waals surface area contributed by atoms with Gasteiger partial charge in [0.25, 0.3) is 5.91 Å². The van der Waals surface area contributed by atoms with E-state index in [1.54, 1.807) is 18.2 Å². The normalized spacial score (nSPS) is 10.9. The molecule has 106 valence electrons. The average Bonchev–Trinajstić information content (AvgIpc) is 2.76. The summed E-state index contributed by atoms with van der Waals surface area (Å²) in [6.45, 7) is 3.98. The molecule has 0 atom stereocenters. The van der Waals surface area contributed by atoms with Crippen molar-refractivity contribution in [2.24, 2.45) is 0 Å². The fourth-order valence-electron chi connectivity index (χ4n) is 1.82. The Balaban J connectivity index is 2.26. The van der Waals surface area contributed by atoms with E-state index in [9.17, 15) is 9.18 Å². The molecule has 0 spiro atoms. The number of carbonyl (C=O) groups is 1. The van der Waals surface area contributed by atoms with Crippen LogP contribution in [0.5, 0.6) is 0 Å². The number of benzene rings is 1. The molecule has 20 heavy (non-hydrogen) atoms. The van der Waals surface area contributed by atoms with Gasteiger partial charge in [0, 0.05) is 22.4 Å². The molecule has 0 fully saturated rings. The van der Waals surface area contributed by atoms with Crippen LogP contribution in [0.4, 0.5) is 10.1 Å². The number of anilines is 1. The van der Waals surface area contributed by atoms with Crippen molar-refractivity contribution in [2.75, 3.05) is 5.32 Å². The minimum Gasteiger partial charge on any atom is -0.340 e. The lowest BCUT2D eigenvalue weighted by Gasteiger charge is -2.12. The lowest BCUT2D eigenvalue weighted by molar-refractivity contribution is 0.101. The number of hydrogen-bond donors (Lipinski definition) is 1. The van der Waals surface area contributed by atoms with Gasteiger partial charge in [0.1, 0.15) is 11.5 Å². The summed E-state index contributed by atoms with van der Waals surface area (Å²) >= 11 is 6.44. The lowest BCUT2D eigenvalue weighted by Crippen LogP contribution is -2.17. The Hall–Kier alpha value is -1.14. The number of amides is 1. The maximum Gasteiger partial charge on any atom is 0.272 e. The van der Waals surface area contributed by atoms with Crippen LogP contribution in [0.1, 0.15) is 30.4 Å². The van der Waals surface area contributed by atoms with Gasteiger partial charge >= 0.3 is 0 Å². The Labute approximate surface area is 133 Å². The molecule has 1 amide bonds. The van der Waals surface area contributed by atoms with Gasteiger partial charge in [-0.2, -0.15) is 0 Å². The Morgan fingerprint density at radius 1 is 1.30 bits per heavy atom. The zero-order valence-corrected chi connectivity index (χ0v) is 14.1. The molecule has 0 aliphatic rings. The zero-order valence-electron chi connectivity index (χ0n) is 11.0. The topological polar surface area (TPSA) is 34.0 Å². The van der Waals surface area contributed by atoms with Crippen molar-refractivity contribution in [3.8, 4) is 0 Å². The fraction of sp³-hybridized carbons (Fsp3) is 0.214. The van der Waals surface area contributed by atoms with Crippen LogP contribution in [-0.2, 0) is 0 Å². The summed E-state index contributed by atoms with van der Waals surface area (Å²) in [4.78, 5) is 12.3. The van der Waals surface area contributed by atoms with Gasteiger partial charge in [-0.15, -0.1) is 0 Å². The second-order valence-electron chi connectivity index (χ2n) is 4.63. The highest BCUT2D eigenvalue weighted by Gasteiger charge is 2.15. The van der Waals surface area contributed by atoms with Crippen molar-refractivity contribution in [3.05, 3.63) is 50.9 Å². The van der Waals surface area contributed by atoms with Crippen LogP contribution >= 0.6 is 31.9 Å². The molecule has 0 aliphatic carbocycles. The summed E-state index contributed by atoms with van der Waals surface area (Å²) in [6.07, 6.45) is 1.85. The number of hydrogen-bond acceptors (Lipinski definition) is 1. The number of nitrogens with one attached hydrogen (secondary N) is 1. The van der Waals surface area contributed by atoms with Gasteiger partial charge in [-0.05, 0) is 70.0 Å². The minimum absolute atomic E-state index is 0.156. The van der Waals surface area contributed by atoms with Crippen LogP contribution in [-0.4, -0.2) is 10.5 Å². The SMILES string of the molecule is CC(C)n1cc(Br)cc1C(=O)Nc1ccc(Br)c(F)c1. The van der Waals surface area contributed by atoms with E-state index < -0.39 is 5.82 Å². The molecule has 0 unspecified atom stereocenters. The minimum atomic E-state index is -0.414. The molecule has 3 nitrogen and oxygen atoms in total. The smallest absolute Gasteiger partial charge is 0.272 e. The zero-order chi connectivity index (χ0) is 14.9. The molecule has 0 bridgehead atoms.